The van der Waals surface area contributed by atoms with E-state index in [1.165, 1.54) is 31.2 Å². The molecule has 2 aromatic rings. The number of benzene rings is 2. The number of hydrogen-bond donors (Lipinski definition) is 0. The van der Waals surface area contributed by atoms with E-state index in [9.17, 15) is 30.7 Å². The smallest absolute Gasteiger partial charge is 0.345 e. The second kappa shape index (κ2) is 8.35. The van der Waals surface area contributed by atoms with Crippen molar-refractivity contribution in [2.45, 2.75) is 31.7 Å². The van der Waals surface area contributed by atoms with Gasteiger partial charge in [0.15, 0.2) is 0 Å². The highest BCUT2D eigenvalue weighted by molar-refractivity contribution is 6.03. The summed E-state index contributed by atoms with van der Waals surface area (Å²) in [6, 6.07) is 6.50. The van der Waals surface area contributed by atoms with Crippen molar-refractivity contribution in [1.82, 2.24) is 0 Å². The number of nitrogens with zero attached hydrogens (tertiary/aromatic N) is 1. The van der Waals surface area contributed by atoms with Crippen LogP contribution in [0.25, 0.3) is 0 Å². The van der Waals surface area contributed by atoms with Crippen LogP contribution in [0.4, 0.5) is 30.7 Å². The highest BCUT2D eigenvalue weighted by Gasteiger charge is 2.37. The Labute approximate surface area is 167 Å². The van der Waals surface area contributed by atoms with Crippen molar-refractivity contribution in [3.05, 3.63) is 70.5 Å². The van der Waals surface area contributed by atoms with Gasteiger partial charge in [-0.15, -0.1) is 0 Å². The van der Waals surface area contributed by atoms with Crippen molar-refractivity contribution in [3.63, 3.8) is 0 Å². The fraction of sp³-hybridized carbons (Fsp3) is 0.350. The van der Waals surface area contributed by atoms with Crippen LogP contribution in [0, 0.1) is 5.82 Å². The molecule has 2 aromatic carbocycles. The molecule has 3 rings (SSSR count). The molecule has 0 aliphatic carbocycles. The van der Waals surface area contributed by atoms with E-state index >= 15 is 0 Å². The van der Waals surface area contributed by atoms with Crippen molar-refractivity contribution < 1.29 is 40.2 Å². The zero-order chi connectivity index (χ0) is 22.1. The molecule has 0 spiro atoms. The number of alkyl halides is 6. The zero-order valence-corrected chi connectivity index (χ0v) is 15.5. The maximum absolute atomic E-state index is 13.2. The van der Waals surface area contributed by atoms with Crippen LogP contribution in [0.3, 0.4) is 0 Å². The molecule has 0 amide bonds. The van der Waals surface area contributed by atoms with Crippen molar-refractivity contribution in [3.8, 4) is 0 Å². The molecule has 162 valence electrons. The number of rotatable bonds is 4. The Morgan fingerprint density at radius 2 is 1.53 bits per heavy atom. The number of halogens is 7. The van der Waals surface area contributed by atoms with E-state index in [1.807, 2.05) is 0 Å². The molecular weight excluding hydrogens is 419 g/mol. The van der Waals surface area contributed by atoms with E-state index in [4.69, 9.17) is 9.47 Å². The highest BCUT2D eigenvalue weighted by atomic mass is 19.4. The van der Waals surface area contributed by atoms with Crippen molar-refractivity contribution in [2.24, 2.45) is 4.99 Å². The summed E-state index contributed by atoms with van der Waals surface area (Å²) in [6.45, 7) is 1.75. The molecule has 2 unspecified atom stereocenters. The van der Waals surface area contributed by atoms with Gasteiger partial charge in [-0.05, 0) is 42.8 Å². The van der Waals surface area contributed by atoms with E-state index < -0.39 is 41.7 Å². The quantitative estimate of drug-likeness (QED) is 0.570. The minimum atomic E-state index is -4.96. The topological polar surface area (TPSA) is 30.8 Å². The lowest BCUT2D eigenvalue weighted by molar-refractivity contribution is -0.144. The van der Waals surface area contributed by atoms with E-state index in [0.29, 0.717) is 17.7 Å². The van der Waals surface area contributed by atoms with E-state index in [2.05, 4.69) is 4.99 Å². The lowest BCUT2D eigenvalue weighted by atomic mass is 10.0. The van der Waals surface area contributed by atoms with Crippen LogP contribution in [-0.4, -0.2) is 25.2 Å². The standard InChI is InChI=1S/C20H16F7NO2/c1-11(13-8-14(19(22,23)24)10-15(9-13)20(25,26)27)30-18-17(28-6-7-29-18)12-2-4-16(21)5-3-12/h2-5,8-11,18H,6-7H2,1H3. The van der Waals surface area contributed by atoms with Crippen LogP contribution in [-0.2, 0) is 21.8 Å². The normalized spacial score (nSPS) is 18.8. The van der Waals surface area contributed by atoms with Gasteiger partial charge in [-0.25, -0.2) is 4.39 Å². The number of ether oxygens (including phenoxy) is 2. The Bertz CT molecular complexity index is 888. The third kappa shape index (κ3) is 5.17. The predicted molar refractivity (Wildman–Crippen MR) is 93.5 cm³/mol. The Hall–Kier alpha value is -2.46. The third-order valence-electron chi connectivity index (χ3n) is 4.41. The van der Waals surface area contributed by atoms with Crippen LogP contribution < -0.4 is 0 Å². The summed E-state index contributed by atoms with van der Waals surface area (Å²) >= 11 is 0. The fourth-order valence-corrected chi connectivity index (χ4v) is 2.91. The first kappa shape index (κ1) is 22.2. The molecule has 0 saturated heterocycles. The van der Waals surface area contributed by atoms with Crippen LogP contribution in [0.5, 0.6) is 0 Å². The van der Waals surface area contributed by atoms with Gasteiger partial charge in [-0.2, -0.15) is 26.3 Å². The number of hydrogen-bond acceptors (Lipinski definition) is 3. The van der Waals surface area contributed by atoms with Gasteiger partial charge in [0, 0.05) is 5.56 Å². The average molecular weight is 435 g/mol. The minimum Gasteiger partial charge on any atom is -0.345 e. The molecule has 30 heavy (non-hydrogen) atoms. The van der Waals surface area contributed by atoms with Gasteiger partial charge in [-0.1, -0.05) is 12.1 Å². The summed E-state index contributed by atoms with van der Waals surface area (Å²) in [5, 5.41) is 0. The lowest BCUT2D eigenvalue weighted by Crippen LogP contribution is -2.34. The van der Waals surface area contributed by atoms with Gasteiger partial charge < -0.3 is 9.47 Å². The van der Waals surface area contributed by atoms with E-state index in [-0.39, 0.29) is 30.5 Å². The molecule has 0 aromatic heterocycles. The molecule has 1 aliphatic heterocycles. The molecule has 1 heterocycles. The molecule has 10 heteroatoms. The van der Waals surface area contributed by atoms with Crippen molar-refractivity contribution in [1.29, 1.82) is 0 Å². The summed E-state index contributed by atoms with van der Waals surface area (Å²) in [6.07, 6.45) is -12.2. The predicted octanol–water partition coefficient (Wildman–Crippen LogP) is 5.79. The van der Waals surface area contributed by atoms with Crippen LogP contribution in [0.2, 0.25) is 0 Å². The Morgan fingerprint density at radius 1 is 0.967 bits per heavy atom. The average Bonchev–Trinajstić information content (AvgIpc) is 2.67. The summed E-state index contributed by atoms with van der Waals surface area (Å²) in [5.41, 5.74) is -2.44. The monoisotopic (exact) mass is 435 g/mol. The first-order valence-corrected chi connectivity index (χ1v) is 8.82. The van der Waals surface area contributed by atoms with Crippen LogP contribution in [0.1, 0.15) is 35.3 Å². The molecule has 0 saturated carbocycles. The van der Waals surface area contributed by atoms with Gasteiger partial charge in [0.05, 0.1) is 36.1 Å². The van der Waals surface area contributed by atoms with E-state index in [1.54, 1.807) is 0 Å². The summed E-state index contributed by atoms with van der Waals surface area (Å²) in [7, 11) is 0. The summed E-state index contributed by atoms with van der Waals surface area (Å²) < 4.78 is 103. The summed E-state index contributed by atoms with van der Waals surface area (Å²) in [4.78, 5) is 4.26. The third-order valence-corrected chi connectivity index (χ3v) is 4.41. The fourth-order valence-electron chi connectivity index (χ4n) is 2.91. The highest BCUT2D eigenvalue weighted by Crippen LogP contribution is 2.38. The van der Waals surface area contributed by atoms with Gasteiger partial charge in [-0.3, -0.25) is 4.99 Å². The zero-order valence-electron chi connectivity index (χ0n) is 15.5. The van der Waals surface area contributed by atoms with Crippen LogP contribution >= 0.6 is 0 Å². The molecule has 0 radical (unpaired) electrons. The van der Waals surface area contributed by atoms with Crippen molar-refractivity contribution in [2.75, 3.05) is 13.2 Å². The van der Waals surface area contributed by atoms with Crippen LogP contribution in [0.15, 0.2) is 47.5 Å². The lowest BCUT2D eigenvalue weighted by Gasteiger charge is -2.28. The SMILES string of the molecule is CC(OC1OCCN=C1c1ccc(F)cc1)c1cc(C(F)(F)F)cc(C(F)(F)F)c1. The maximum atomic E-state index is 13.2. The first-order chi connectivity index (χ1) is 13.9. The molecule has 3 nitrogen and oxygen atoms in total. The minimum absolute atomic E-state index is 0.0543. The van der Waals surface area contributed by atoms with Crippen molar-refractivity contribution >= 4 is 5.71 Å². The van der Waals surface area contributed by atoms with Gasteiger partial charge in [0.2, 0.25) is 6.29 Å². The second-order valence-corrected chi connectivity index (χ2v) is 6.59. The Balaban J connectivity index is 1.90. The molecule has 2 atom stereocenters. The second-order valence-electron chi connectivity index (χ2n) is 6.59. The van der Waals surface area contributed by atoms with Gasteiger partial charge in [0.1, 0.15) is 5.82 Å². The molecule has 1 aliphatic rings. The van der Waals surface area contributed by atoms with Gasteiger partial charge >= 0.3 is 12.4 Å². The Morgan fingerprint density at radius 3 is 2.07 bits per heavy atom. The van der Waals surface area contributed by atoms with Gasteiger partial charge in [0.25, 0.3) is 0 Å². The first-order valence-electron chi connectivity index (χ1n) is 8.82. The molecule has 0 bridgehead atoms. The molecular formula is C20H16F7NO2. The number of aliphatic imine (C=N–C) groups is 1. The van der Waals surface area contributed by atoms with E-state index in [0.717, 1.165) is 0 Å². The molecule has 0 fully saturated rings. The Kier molecular flexibility index (Phi) is 6.19. The molecule has 0 N–H and O–H groups in total. The summed E-state index contributed by atoms with van der Waals surface area (Å²) in [5.74, 6) is -0.481. The maximum Gasteiger partial charge on any atom is 0.416 e. The largest absolute Gasteiger partial charge is 0.416 e.